The Hall–Kier alpha value is -0.290. The summed E-state index contributed by atoms with van der Waals surface area (Å²) in [6.07, 6.45) is 5.38. The molecule has 2 saturated heterocycles. The van der Waals surface area contributed by atoms with E-state index in [2.05, 4.69) is 79.7 Å². The zero-order chi connectivity index (χ0) is 22.5. The fraction of sp³-hybridized carbons (Fsp3) is 0.731. The third-order valence-corrected chi connectivity index (χ3v) is 15.3. The lowest BCUT2D eigenvalue weighted by Gasteiger charge is -2.52. The van der Waals surface area contributed by atoms with Crippen molar-refractivity contribution >= 4 is 21.6 Å². The third-order valence-electron chi connectivity index (χ3n) is 7.43. The average molecular weight is 449 g/mol. The van der Waals surface area contributed by atoms with E-state index < -0.39 is 0 Å². The number of carbonyl (C=O) groups is 1. The second kappa shape index (κ2) is 8.24. The Balaban J connectivity index is 1.91. The molecule has 4 heteroatoms. The molecule has 0 radical (unpaired) electrons. The Morgan fingerprint density at radius 2 is 1.13 bits per heavy atom. The summed E-state index contributed by atoms with van der Waals surface area (Å²) in [6, 6.07) is 9.08. The summed E-state index contributed by atoms with van der Waals surface area (Å²) in [4.78, 5) is 12.4. The minimum atomic E-state index is -0.309. The fourth-order valence-corrected chi connectivity index (χ4v) is 14.3. The Labute approximate surface area is 187 Å². The van der Waals surface area contributed by atoms with Crippen LogP contribution >= 0.6 is 15.8 Å². The number of benzene rings is 1. The largest absolute Gasteiger partial charge is 0.393 e. The number of carbonyl (C=O) groups excluding carboxylic acids is 1. The number of rotatable bonds is 4. The molecule has 0 aromatic heterocycles. The number of Topliss-reactive ketones (excluding diaryl/α,β-unsaturated/α-hetero) is 1. The lowest BCUT2D eigenvalue weighted by atomic mass is 9.95. The molecule has 0 aliphatic carbocycles. The van der Waals surface area contributed by atoms with E-state index in [4.69, 9.17) is 0 Å². The number of aliphatic hydroxyl groups is 1. The van der Waals surface area contributed by atoms with E-state index in [1.807, 2.05) is 0 Å². The molecule has 2 aliphatic heterocycles. The van der Waals surface area contributed by atoms with Gasteiger partial charge in [0, 0.05) is 12.8 Å². The van der Waals surface area contributed by atoms with Crippen LogP contribution in [0.2, 0.25) is 0 Å². The van der Waals surface area contributed by atoms with Crippen molar-refractivity contribution in [3.8, 4) is 0 Å². The van der Waals surface area contributed by atoms with Crippen molar-refractivity contribution in [2.45, 2.75) is 120 Å². The van der Waals surface area contributed by atoms with Crippen LogP contribution in [0.1, 0.15) is 92.2 Å². The second-order valence-corrected chi connectivity index (χ2v) is 19.3. The lowest BCUT2D eigenvalue weighted by Crippen LogP contribution is -2.42. The number of hydrogen-bond acceptors (Lipinski definition) is 2. The SMILES string of the molecule is CC1(C)CC(=O)CC(C)(C)P1Cc1ccccc1CP1C(C)(C)CC(O)CC1(C)C. The van der Waals surface area contributed by atoms with Crippen LogP contribution in [-0.2, 0) is 17.1 Å². The molecule has 0 bridgehead atoms. The topological polar surface area (TPSA) is 37.3 Å². The van der Waals surface area contributed by atoms with Gasteiger partial charge in [0.2, 0.25) is 0 Å². The van der Waals surface area contributed by atoms with E-state index >= 15 is 0 Å². The summed E-state index contributed by atoms with van der Waals surface area (Å²) in [5.41, 5.74) is 3.01. The highest BCUT2D eigenvalue weighted by atomic mass is 31.1. The van der Waals surface area contributed by atoms with Crippen LogP contribution in [0.3, 0.4) is 0 Å². The van der Waals surface area contributed by atoms with E-state index in [0.717, 1.165) is 38.0 Å². The van der Waals surface area contributed by atoms with Gasteiger partial charge in [-0.3, -0.25) is 4.79 Å². The monoisotopic (exact) mass is 448 g/mol. The second-order valence-electron chi connectivity index (χ2n) is 12.1. The van der Waals surface area contributed by atoms with E-state index in [1.165, 1.54) is 11.1 Å². The standard InChI is InChI=1S/C26H42O2P2/c1-23(2)13-21(27)14-24(3,4)29(23)17-19-11-9-10-12-20(19)18-30-25(5,6)15-22(28)16-26(30,7)8/h9-12,21,27H,13-18H2,1-8H3. The van der Waals surface area contributed by atoms with Crippen LogP contribution < -0.4 is 0 Å². The molecule has 3 rings (SSSR count). The smallest absolute Gasteiger partial charge is 0.134 e. The molecule has 0 atom stereocenters. The van der Waals surface area contributed by atoms with Crippen LogP contribution in [0.15, 0.2) is 24.3 Å². The average Bonchev–Trinajstić information content (AvgIpc) is 2.53. The van der Waals surface area contributed by atoms with Gasteiger partial charge in [-0.2, -0.15) is 0 Å². The van der Waals surface area contributed by atoms with E-state index in [0.29, 0.717) is 5.78 Å². The Morgan fingerprint density at radius 3 is 1.53 bits per heavy atom. The summed E-state index contributed by atoms with van der Waals surface area (Å²) in [5, 5.41) is 11.0. The van der Waals surface area contributed by atoms with Crippen LogP contribution in [0.25, 0.3) is 0 Å². The zero-order valence-electron chi connectivity index (χ0n) is 20.4. The quantitative estimate of drug-likeness (QED) is 0.491. The summed E-state index contributed by atoms with van der Waals surface area (Å²) >= 11 is 0. The van der Waals surface area contributed by atoms with Crippen LogP contribution in [0, 0.1) is 0 Å². The van der Waals surface area contributed by atoms with Crippen LogP contribution in [0.4, 0.5) is 0 Å². The maximum absolute atomic E-state index is 12.4. The first-order chi connectivity index (χ1) is 13.6. The first-order valence-electron chi connectivity index (χ1n) is 11.5. The molecular weight excluding hydrogens is 406 g/mol. The summed E-state index contributed by atoms with van der Waals surface area (Å²) in [5.74, 6) is 0.435. The normalized spacial score (nSPS) is 30.2. The molecule has 30 heavy (non-hydrogen) atoms. The number of hydrogen-bond donors (Lipinski definition) is 1. The van der Waals surface area contributed by atoms with Gasteiger partial charge in [0.05, 0.1) is 6.10 Å². The van der Waals surface area contributed by atoms with E-state index in [1.54, 1.807) is 0 Å². The van der Waals surface area contributed by atoms with Gasteiger partial charge in [0.1, 0.15) is 5.78 Å². The Morgan fingerprint density at radius 1 is 0.767 bits per heavy atom. The highest BCUT2D eigenvalue weighted by molar-refractivity contribution is 7.60. The van der Waals surface area contributed by atoms with Crippen molar-refractivity contribution < 1.29 is 9.90 Å². The number of aliphatic hydroxyl groups excluding tert-OH is 1. The van der Waals surface area contributed by atoms with Gasteiger partial charge in [0.15, 0.2) is 0 Å². The number of ketones is 1. The molecule has 2 aliphatic rings. The van der Waals surface area contributed by atoms with Gasteiger partial charge in [-0.1, -0.05) is 95.5 Å². The zero-order valence-corrected chi connectivity index (χ0v) is 22.2. The minimum absolute atomic E-state index is 0.0973. The molecular formula is C26H42O2P2. The predicted molar refractivity (Wildman–Crippen MR) is 133 cm³/mol. The van der Waals surface area contributed by atoms with Crippen LogP contribution in [0.5, 0.6) is 0 Å². The maximum Gasteiger partial charge on any atom is 0.134 e. The van der Waals surface area contributed by atoms with Gasteiger partial charge in [-0.15, -0.1) is 0 Å². The molecule has 2 nitrogen and oxygen atoms in total. The van der Waals surface area contributed by atoms with E-state index in [9.17, 15) is 9.90 Å². The van der Waals surface area contributed by atoms with Crippen molar-refractivity contribution in [1.82, 2.24) is 0 Å². The van der Waals surface area contributed by atoms with Gasteiger partial charge in [-0.05, 0) is 56.9 Å². The van der Waals surface area contributed by atoms with Crippen molar-refractivity contribution in [2.24, 2.45) is 0 Å². The van der Waals surface area contributed by atoms with Gasteiger partial charge >= 0.3 is 0 Å². The third kappa shape index (κ3) is 5.03. The fourth-order valence-electron chi connectivity index (χ4n) is 6.37. The van der Waals surface area contributed by atoms with Gasteiger partial charge in [0.25, 0.3) is 0 Å². The Bertz CT molecular complexity index is 756. The molecule has 1 N–H and O–H groups in total. The lowest BCUT2D eigenvalue weighted by molar-refractivity contribution is -0.120. The van der Waals surface area contributed by atoms with Crippen molar-refractivity contribution in [2.75, 3.05) is 0 Å². The molecule has 1 aromatic carbocycles. The molecule has 2 fully saturated rings. The summed E-state index contributed by atoms with van der Waals surface area (Å²) in [6.45, 7) is 18.8. The van der Waals surface area contributed by atoms with Crippen molar-refractivity contribution in [3.63, 3.8) is 0 Å². The first kappa shape index (κ1) is 24.4. The molecule has 168 valence electrons. The molecule has 0 saturated carbocycles. The molecule has 2 heterocycles. The van der Waals surface area contributed by atoms with Crippen LogP contribution in [-0.4, -0.2) is 37.6 Å². The van der Waals surface area contributed by atoms with Gasteiger partial charge in [-0.25, -0.2) is 0 Å². The Kier molecular flexibility index (Phi) is 6.69. The van der Waals surface area contributed by atoms with Crippen molar-refractivity contribution in [3.05, 3.63) is 35.4 Å². The minimum Gasteiger partial charge on any atom is -0.393 e. The highest BCUT2D eigenvalue weighted by Gasteiger charge is 2.48. The molecule has 0 unspecified atom stereocenters. The predicted octanol–water partition coefficient (Wildman–Crippen LogP) is 7.28. The highest BCUT2D eigenvalue weighted by Crippen LogP contribution is 2.69. The first-order valence-corrected chi connectivity index (χ1v) is 14.5. The molecule has 0 amide bonds. The summed E-state index contributed by atoms with van der Waals surface area (Å²) in [7, 11) is -0.571. The molecule has 0 spiro atoms. The summed E-state index contributed by atoms with van der Waals surface area (Å²) < 4.78 is 0. The maximum atomic E-state index is 12.4. The van der Waals surface area contributed by atoms with Gasteiger partial charge < -0.3 is 5.11 Å². The molecule has 1 aromatic rings. The van der Waals surface area contributed by atoms with Crippen molar-refractivity contribution in [1.29, 1.82) is 0 Å². The van der Waals surface area contributed by atoms with E-state index in [-0.39, 0.29) is 42.6 Å².